The molecule has 1 saturated carbocycles. The number of fused-ring (bicyclic) bond motifs is 2. The minimum Gasteiger partial charge on any atom is -0.385 e. The highest BCUT2D eigenvalue weighted by Crippen LogP contribution is 2.38. The molecular formula is C24H29N7O4. The number of anilines is 3. The monoisotopic (exact) mass is 479 g/mol. The molecule has 3 fully saturated rings. The summed E-state index contributed by atoms with van der Waals surface area (Å²) < 4.78 is 14.6. The van der Waals surface area contributed by atoms with E-state index in [1.54, 1.807) is 29.9 Å². The smallest absolute Gasteiger partial charge is 0.274 e. The zero-order valence-corrected chi connectivity index (χ0v) is 19.6. The van der Waals surface area contributed by atoms with Crippen LogP contribution in [0.4, 0.5) is 17.2 Å². The number of imidazole rings is 1. The van der Waals surface area contributed by atoms with Crippen LogP contribution < -0.4 is 21.5 Å². The van der Waals surface area contributed by atoms with Gasteiger partial charge in [0.05, 0.1) is 36.7 Å². The van der Waals surface area contributed by atoms with Crippen molar-refractivity contribution in [2.75, 3.05) is 30.9 Å². The van der Waals surface area contributed by atoms with Crippen molar-refractivity contribution >= 4 is 28.7 Å². The molecule has 0 aromatic carbocycles. The lowest BCUT2D eigenvalue weighted by atomic mass is 9.77. The molecule has 184 valence electrons. The summed E-state index contributed by atoms with van der Waals surface area (Å²) in [5.41, 5.74) is 1.76. The summed E-state index contributed by atoms with van der Waals surface area (Å²) in [5.74, 6) is 0.716. The quantitative estimate of drug-likeness (QED) is 0.468. The Bertz CT molecular complexity index is 1310. The van der Waals surface area contributed by atoms with Gasteiger partial charge < -0.3 is 30.0 Å². The number of hydrogen-bond donors (Lipinski definition) is 3. The summed E-state index contributed by atoms with van der Waals surface area (Å²) in [6.07, 6.45) is 7.41. The molecule has 2 saturated heterocycles. The third kappa shape index (κ3) is 4.04. The van der Waals surface area contributed by atoms with Gasteiger partial charge in [0.15, 0.2) is 17.2 Å². The molecule has 3 N–H and O–H groups in total. The van der Waals surface area contributed by atoms with Gasteiger partial charge in [0.2, 0.25) is 0 Å². The number of hydrogen-bond acceptors (Lipinski definition) is 8. The topological polar surface area (TPSA) is 124 Å². The molecule has 2 aliphatic heterocycles. The highest BCUT2D eigenvalue weighted by molar-refractivity contribution is 5.94. The first-order chi connectivity index (χ1) is 17.1. The predicted molar refractivity (Wildman–Crippen MR) is 129 cm³/mol. The van der Waals surface area contributed by atoms with Crippen LogP contribution >= 0.6 is 0 Å². The second-order valence-electron chi connectivity index (χ2n) is 9.41. The van der Waals surface area contributed by atoms with Crippen LogP contribution in [0.1, 0.15) is 36.2 Å². The molecule has 3 aromatic heterocycles. The van der Waals surface area contributed by atoms with E-state index in [-0.39, 0.29) is 29.7 Å². The number of ether oxygens (including phenoxy) is 2. The number of amides is 1. The Morgan fingerprint density at radius 2 is 2.14 bits per heavy atom. The van der Waals surface area contributed by atoms with Crippen molar-refractivity contribution in [3.63, 3.8) is 0 Å². The zero-order valence-electron chi connectivity index (χ0n) is 19.6. The number of nitrogens with zero attached hydrogens (tertiary/aromatic N) is 4. The first kappa shape index (κ1) is 22.1. The van der Waals surface area contributed by atoms with Gasteiger partial charge in [-0.3, -0.25) is 9.59 Å². The van der Waals surface area contributed by atoms with Gasteiger partial charge in [-0.15, -0.1) is 5.10 Å². The summed E-state index contributed by atoms with van der Waals surface area (Å²) in [6.45, 7) is 2.01. The minimum absolute atomic E-state index is 0.0114. The van der Waals surface area contributed by atoms with E-state index in [9.17, 15) is 9.59 Å². The maximum atomic E-state index is 13.1. The molecule has 1 amide bonds. The van der Waals surface area contributed by atoms with Crippen LogP contribution in [0.5, 0.6) is 0 Å². The normalized spacial score (nSPS) is 25.3. The van der Waals surface area contributed by atoms with E-state index in [0.29, 0.717) is 41.0 Å². The summed E-state index contributed by atoms with van der Waals surface area (Å²) in [5, 5.41) is 13.9. The lowest BCUT2D eigenvalue weighted by Crippen LogP contribution is -2.54. The molecule has 0 spiro atoms. The average molecular weight is 480 g/mol. The number of pyridine rings is 1. The van der Waals surface area contributed by atoms with Crippen LogP contribution in [0.2, 0.25) is 0 Å². The van der Waals surface area contributed by atoms with Crippen molar-refractivity contribution in [1.29, 1.82) is 0 Å². The zero-order chi connectivity index (χ0) is 23.9. The minimum atomic E-state index is -0.248. The fourth-order valence-electron chi connectivity index (χ4n) is 5.29. The Labute approximate surface area is 201 Å². The Hall–Kier alpha value is -3.44. The largest absolute Gasteiger partial charge is 0.385 e. The van der Waals surface area contributed by atoms with E-state index in [1.807, 2.05) is 6.07 Å². The first-order valence-corrected chi connectivity index (χ1v) is 12.2. The maximum absolute atomic E-state index is 13.1. The van der Waals surface area contributed by atoms with Crippen molar-refractivity contribution in [2.45, 2.75) is 50.5 Å². The van der Waals surface area contributed by atoms with Crippen molar-refractivity contribution < 1.29 is 14.3 Å². The van der Waals surface area contributed by atoms with Gasteiger partial charge in [-0.05, 0) is 43.7 Å². The fraction of sp³-hybridized carbons (Fsp3) is 0.500. The summed E-state index contributed by atoms with van der Waals surface area (Å²) in [7, 11) is 1.77. The lowest BCUT2D eigenvalue weighted by Gasteiger charge is -2.39. The van der Waals surface area contributed by atoms with Crippen molar-refractivity contribution in [3.05, 3.63) is 46.6 Å². The van der Waals surface area contributed by atoms with E-state index in [0.717, 1.165) is 38.9 Å². The molecule has 3 aromatic rings. The maximum Gasteiger partial charge on any atom is 0.274 e. The Morgan fingerprint density at radius 3 is 2.94 bits per heavy atom. The molecular weight excluding hydrogens is 450 g/mol. The van der Waals surface area contributed by atoms with Crippen molar-refractivity contribution in [2.24, 2.45) is 5.92 Å². The highest BCUT2D eigenvalue weighted by Gasteiger charge is 2.46. The highest BCUT2D eigenvalue weighted by atomic mass is 16.5. The first-order valence-electron chi connectivity index (χ1n) is 12.2. The third-order valence-corrected chi connectivity index (χ3v) is 7.21. The molecule has 35 heavy (non-hydrogen) atoms. The molecule has 0 unspecified atom stereocenters. The van der Waals surface area contributed by atoms with Gasteiger partial charge in [-0.2, -0.15) is 0 Å². The van der Waals surface area contributed by atoms with Crippen LogP contribution in [0, 0.1) is 5.92 Å². The number of rotatable bonds is 7. The fourth-order valence-corrected chi connectivity index (χ4v) is 5.29. The average Bonchev–Trinajstić information content (AvgIpc) is 3.59. The van der Waals surface area contributed by atoms with Gasteiger partial charge in [-0.25, -0.2) is 9.50 Å². The molecule has 1 aliphatic carbocycles. The van der Waals surface area contributed by atoms with E-state index in [4.69, 9.17) is 9.47 Å². The molecule has 11 nitrogen and oxygen atoms in total. The van der Waals surface area contributed by atoms with E-state index >= 15 is 0 Å². The van der Waals surface area contributed by atoms with Gasteiger partial charge >= 0.3 is 0 Å². The Morgan fingerprint density at radius 1 is 1.23 bits per heavy atom. The van der Waals surface area contributed by atoms with E-state index in [1.165, 1.54) is 10.7 Å². The SMILES string of the molecule is CNc1cc(Nc2cccn(C[C@H]3CCCO3)c2=O)nn2c(C(=O)N[C@@H]3C[C@H]4CCO[C@H]43)cnc12. The van der Waals surface area contributed by atoms with Crippen molar-refractivity contribution in [1.82, 2.24) is 24.5 Å². The van der Waals surface area contributed by atoms with Crippen LogP contribution in [0.15, 0.2) is 35.4 Å². The van der Waals surface area contributed by atoms with Crippen molar-refractivity contribution in [3.8, 4) is 0 Å². The van der Waals surface area contributed by atoms with Gasteiger partial charge in [0.1, 0.15) is 5.69 Å². The molecule has 0 radical (unpaired) electrons. The predicted octanol–water partition coefficient (Wildman–Crippen LogP) is 1.76. The summed E-state index contributed by atoms with van der Waals surface area (Å²) in [6, 6.07) is 5.32. The van der Waals surface area contributed by atoms with Crippen LogP contribution in [-0.4, -0.2) is 63.6 Å². The molecule has 4 atom stereocenters. The molecule has 11 heteroatoms. The van der Waals surface area contributed by atoms with Gasteiger partial charge in [-0.1, -0.05) is 0 Å². The Balaban J connectivity index is 1.26. The number of aromatic nitrogens is 4. The second kappa shape index (κ2) is 8.97. The van der Waals surface area contributed by atoms with E-state index in [2.05, 4.69) is 26.0 Å². The Kier molecular flexibility index (Phi) is 5.65. The standard InChI is InChI=1S/C24H29N7O4/c1-25-18-11-20(27-16-5-2-7-30(24(16)33)13-15-4-3-8-34-15)29-31-19(12-26-22(18)31)23(32)28-17-10-14-6-9-35-21(14)17/h2,5,7,11-12,14-15,17,21,25H,3-4,6,8-10,13H2,1H3,(H,27,29)(H,28,32)/t14-,15-,17-,21-/m1/s1. The van der Waals surface area contributed by atoms with Crippen LogP contribution in [0.3, 0.4) is 0 Å². The molecule has 5 heterocycles. The molecule has 0 bridgehead atoms. The summed E-state index contributed by atoms with van der Waals surface area (Å²) in [4.78, 5) is 30.5. The molecule has 6 rings (SSSR count). The third-order valence-electron chi connectivity index (χ3n) is 7.21. The second-order valence-corrected chi connectivity index (χ2v) is 9.41. The van der Waals surface area contributed by atoms with E-state index < -0.39 is 0 Å². The number of nitrogens with one attached hydrogen (secondary N) is 3. The van der Waals surface area contributed by atoms with Crippen LogP contribution in [-0.2, 0) is 16.0 Å². The summed E-state index contributed by atoms with van der Waals surface area (Å²) >= 11 is 0. The number of carbonyl (C=O) groups excluding carboxylic acids is 1. The molecule has 3 aliphatic rings. The van der Waals surface area contributed by atoms with Gasteiger partial charge in [0, 0.05) is 32.5 Å². The lowest BCUT2D eigenvalue weighted by molar-refractivity contribution is -0.000686. The van der Waals surface area contributed by atoms with Gasteiger partial charge in [0.25, 0.3) is 11.5 Å². The van der Waals surface area contributed by atoms with Crippen LogP contribution in [0.25, 0.3) is 5.65 Å². The number of carbonyl (C=O) groups is 1.